The number of furan rings is 1. The minimum absolute atomic E-state index is 0.103. The Balaban J connectivity index is 2.13. The van der Waals surface area contributed by atoms with Crippen molar-refractivity contribution < 1.29 is 9.52 Å². The van der Waals surface area contributed by atoms with Crippen LogP contribution >= 0.6 is 0 Å². The third-order valence-electron chi connectivity index (χ3n) is 3.84. The molecule has 3 heterocycles. The van der Waals surface area contributed by atoms with E-state index in [0.717, 1.165) is 34.3 Å². The van der Waals surface area contributed by atoms with Crippen LogP contribution < -0.4 is 10.6 Å². The van der Waals surface area contributed by atoms with Crippen LogP contribution in [0.3, 0.4) is 0 Å². The number of anilines is 3. The second kappa shape index (κ2) is 6.85. The van der Waals surface area contributed by atoms with Crippen molar-refractivity contribution in [1.82, 2.24) is 9.97 Å². The normalized spacial score (nSPS) is 11.7. The first-order valence-corrected chi connectivity index (χ1v) is 12.0. The maximum absolute atomic E-state index is 9.75. The molecule has 0 fully saturated rings. The Bertz CT molecular complexity index is 872. The van der Waals surface area contributed by atoms with Gasteiger partial charge in [-0.3, -0.25) is 4.98 Å². The smallest absolute Gasteiger partial charge is 0.217 e. The number of nitrogens with zero attached hydrogens (tertiary/aromatic N) is 2. The van der Waals surface area contributed by atoms with Gasteiger partial charge >= 0.3 is 0 Å². The van der Waals surface area contributed by atoms with Gasteiger partial charge < -0.3 is 20.2 Å². The lowest BCUT2D eigenvalue weighted by atomic mass is 10.1. The number of pyridine rings is 2. The molecule has 0 saturated heterocycles. The molecule has 3 aromatic rings. The molecule has 3 N–H and O–H groups in total. The highest BCUT2D eigenvalue weighted by Gasteiger charge is 2.22. The number of aliphatic hydroxyl groups excluding tert-OH is 1. The fourth-order valence-electron chi connectivity index (χ4n) is 2.56. The lowest BCUT2D eigenvalue weighted by molar-refractivity contribution is 0.283. The molecule has 0 aliphatic rings. The molecule has 132 valence electrons. The van der Waals surface area contributed by atoms with Crippen LogP contribution in [0.2, 0.25) is 19.6 Å². The molecule has 6 nitrogen and oxygen atoms in total. The zero-order valence-corrected chi connectivity index (χ0v) is 16.1. The van der Waals surface area contributed by atoms with Gasteiger partial charge in [-0.05, 0) is 19.1 Å². The van der Waals surface area contributed by atoms with Gasteiger partial charge in [0, 0.05) is 24.1 Å². The zero-order valence-electron chi connectivity index (χ0n) is 15.1. The average Bonchev–Trinajstić information content (AvgIpc) is 2.93. The largest absolute Gasteiger partial charge is 0.437 e. The lowest BCUT2D eigenvalue weighted by Crippen LogP contribution is -2.31. The van der Waals surface area contributed by atoms with Gasteiger partial charge in [-0.2, -0.15) is 0 Å². The number of fused-ring (bicyclic) bond motifs is 1. The Labute approximate surface area is 148 Å². The zero-order chi connectivity index (χ0) is 18.0. The molecule has 0 radical (unpaired) electrons. The highest BCUT2D eigenvalue weighted by molar-refractivity contribution is 6.76. The van der Waals surface area contributed by atoms with Crippen LogP contribution in [0, 0.1) is 6.92 Å². The number of aryl methyl sites for hydroxylation is 1. The Hall–Kier alpha value is -2.38. The first-order chi connectivity index (χ1) is 11.9. The van der Waals surface area contributed by atoms with E-state index in [2.05, 4.69) is 40.2 Å². The van der Waals surface area contributed by atoms with E-state index >= 15 is 0 Å². The number of hydrogen-bond donors (Lipinski definition) is 3. The Kier molecular flexibility index (Phi) is 4.78. The summed E-state index contributed by atoms with van der Waals surface area (Å²) in [5.74, 6) is 1.38. The molecule has 0 aliphatic carbocycles. The number of aromatic nitrogens is 2. The molecule has 7 heteroatoms. The Morgan fingerprint density at radius 1 is 1.20 bits per heavy atom. The summed E-state index contributed by atoms with van der Waals surface area (Å²) in [7, 11) is -1.32. The molecule has 0 amide bonds. The maximum Gasteiger partial charge on any atom is 0.217 e. The van der Waals surface area contributed by atoms with Gasteiger partial charge in [0.2, 0.25) is 5.88 Å². The predicted octanol–water partition coefficient (Wildman–Crippen LogP) is 4.06. The summed E-state index contributed by atoms with van der Waals surface area (Å²) < 4.78 is 6.09. The highest BCUT2D eigenvalue weighted by atomic mass is 28.3. The van der Waals surface area contributed by atoms with Crippen molar-refractivity contribution in [3.8, 4) is 0 Å². The second-order valence-corrected chi connectivity index (χ2v) is 12.8. The van der Waals surface area contributed by atoms with Crippen molar-refractivity contribution in [2.24, 2.45) is 0 Å². The van der Waals surface area contributed by atoms with Crippen LogP contribution in [0.15, 0.2) is 35.0 Å². The summed E-state index contributed by atoms with van der Waals surface area (Å²) in [6.07, 6.45) is 4.31. The van der Waals surface area contributed by atoms with Gasteiger partial charge in [0.05, 0.1) is 25.8 Å². The SMILES string of the molecule is Cc1ncc(CO)c2c(Nc3ccccn3)c(NC[Si](C)(C)C)oc12. The fourth-order valence-corrected chi connectivity index (χ4v) is 3.25. The van der Waals surface area contributed by atoms with E-state index in [1.165, 1.54) is 0 Å². The summed E-state index contributed by atoms with van der Waals surface area (Å²) in [6.45, 7) is 8.68. The third-order valence-corrected chi connectivity index (χ3v) is 5.08. The van der Waals surface area contributed by atoms with Crippen LogP contribution in [-0.4, -0.2) is 29.3 Å². The van der Waals surface area contributed by atoms with Crippen LogP contribution in [-0.2, 0) is 6.61 Å². The molecular formula is C18H24N4O2Si. The van der Waals surface area contributed by atoms with Crippen molar-refractivity contribution in [3.63, 3.8) is 0 Å². The number of aliphatic hydroxyl groups is 1. The first kappa shape index (κ1) is 17.4. The minimum atomic E-state index is -1.32. The molecule has 0 bridgehead atoms. The topological polar surface area (TPSA) is 83.2 Å². The van der Waals surface area contributed by atoms with Crippen molar-refractivity contribution >= 4 is 36.4 Å². The molecule has 3 aromatic heterocycles. The van der Waals surface area contributed by atoms with Gasteiger partial charge in [-0.15, -0.1) is 0 Å². The Morgan fingerprint density at radius 3 is 2.64 bits per heavy atom. The van der Waals surface area contributed by atoms with Crippen LogP contribution in [0.4, 0.5) is 17.4 Å². The third kappa shape index (κ3) is 3.83. The van der Waals surface area contributed by atoms with Crippen molar-refractivity contribution in [3.05, 3.63) is 41.9 Å². The van der Waals surface area contributed by atoms with Crippen LogP contribution in [0.25, 0.3) is 11.0 Å². The summed E-state index contributed by atoms with van der Waals surface area (Å²) in [6, 6.07) is 5.69. The van der Waals surface area contributed by atoms with Crippen LogP contribution in [0.1, 0.15) is 11.3 Å². The summed E-state index contributed by atoms with van der Waals surface area (Å²) in [5, 5.41) is 17.4. The van der Waals surface area contributed by atoms with Gasteiger partial charge in [0.1, 0.15) is 11.5 Å². The monoisotopic (exact) mass is 356 g/mol. The molecule has 0 aliphatic heterocycles. The van der Waals surface area contributed by atoms with Crippen molar-refractivity contribution in [1.29, 1.82) is 0 Å². The molecule has 0 unspecified atom stereocenters. The standard InChI is InChI=1S/C18H24N4O2Si/c1-12-17-15(13(10-23)9-20-12)16(22-14-7-5-6-8-19-14)18(24-17)21-11-25(2,3)4/h5-9,21,23H,10-11H2,1-4H3,(H,19,22). The number of hydrogen-bond acceptors (Lipinski definition) is 6. The van der Waals surface area contributed by atoms with E-state index in [1.54, 1.807) is 12.4 Å². The molecule has 0 saturated carbocycles. The van der Waals surface area contributed by atoms with Crippen LogP contribution in [0.5, 0.6) is 0 Å². The van der Waals surface area contributed by atoms with E-state index in [9.17, 15) is 5.11 Å². The van der Waals surface area contributed by atoms with E-state index in [4.69, 9.17) is 4.42 Å². The van der Waals surface area contributed by atoms with Gasteiger partial charge in [-0.25, -0.2) is 4.98 Å². The van der Waals surface area contributed by atoms with E-state index in [0.29, 0.717) is 11.5 Å². The molecule has 0 aromatic carbocycles. The lowest BCUT2D eigenvalue weighted by Gasteiger charge is -2.17. The molecule has 25 heavy (non-hydrogen) atoms. The molecule has 0 atom stereocenters. The maximum atomic E-state index is 9.75. The number of nitrogens with one attached hydrogen (secondary N) is 2. The Morgan fingerprint density at radius 2 is 2.00 bits per heavy atom. The highest BCUT2D eigenvalue weighted by Crippen LogP contribution is 2.39. The molecular weight excluding hydrogens is 332 g/mol. The summed E-state index contributed by atoms with van der Waals surface area (Å²) >= 11 is 0. The summed E-state index contributed by atoms with van der Waals surface area (Å²) in [5.41, 5.74) is 2.99. The molecule has 3 rings (SSSR count). The van der Waals surface area contributed by atoms with Gasteiger partial charge in [0.15, 0.2) is 5.58 Å². The first-order valence-electron chi connectivity index (χ1n) is 8.33. The van der Waals surface area contributed by atoms with E-state index < -0.39 is 8.07 Å². The van der Waals surface area contributed by atoms with E-state index in [-0.39, 0.29) is 6.61 Å². The average molecular weight is 357 g/mol. The van der Waals surface area contributed by atoms with Gasteiger partial charge in [-0.1, -0.05) is 25.7 Å². The molecule has 0 spiro atoms. The van der Waals surface area contributed by atoms with E-state index in [1.807, 2.05) is 25.1 Å². The number of rotatable bonds is 6. The second-order valence-electron chi connectivity index (χ2n) is 7.29. The van der Waals surface area contributed by atoms with Crippen molar-refractivity contribution in [2.75, 3.05) is 16.8 Å². The quantitative estimate of drug-likeness (QED) is 0.578. The summed E-state index contributed by atoms with van der Waals surface area (Å²) in [4.78, 5) is 8.67. The minimum Gasteiger partial charge on any atom is -0.437 e. The van der Waals surface area contributed by atoms with Crippen molar-refractivity contribution in [2.45, 2.75) is 33.2 Å². The van der Waals surface area contributed by atoms with Gasteiger partial charge in [0.25, 0.3) is 0 Å². The fraction of sp³-hybridized carbons (Fsp3) is 0.333. The predicted molar refractivity (Wildman–Crippen MR) is 104 cm³/mol.